The van der Waals surface area contributed by atoms with Crippen molar-refractivity contribution < 1.29 is 18.7 Å². The van der Waals surface area contributed by atoms with Gasteiger partial charge in [0.2, 0.25) is 5.91 Å². The average molecular weight is 359 g/mol. The Morgan fingerprint density at radius 3 is 2.46 bits per heavy atom. The van der Waals surface area contributed by atoms with Gasteiger partial charge >= 0.3 is 6.03 Å². The van der Waals surface area contributed by atoms with Crippen molar-refractivity contribution in [1.29, 1.82) is 0 Å². The molecule has 3 amide bonds. The molecule has 2 aromatic rings. The van der Waals surface area contributed by atoms with E-state index in [9.17, 15) is 14.0 Å². The number of halogens is 1. The summed E-state index contributed by atoms with van der Waals surface area (Å²) >= 11 is 0. The second-order valence-electron chi connectivity index (χ2n) is 5.83. The fraction of sp³-hybridized carbons (Fsp3) is 0.263. The van der Waals surface area contributed by atoms with Crippen LogP contribution in [0.4, 0.5) is 20.6 Å². The summed E-state index contributed by atoms with van der Waals surface area (Å²) < 4.78 is 19.2. The summed E-state index contributed by atoms with van der Waals surface area (Å²) in [4.78, 5) is 25.1. The van der Waals surface area contributed by atoms with Crippen LogP contribution < -0.4 is 15.4 Å². The molecule has 138 valence electrons. The number of ether oxygens (including phenoxy) is 1. The summed E-state index contributed by atoms with van der Waals surface area (Å²) in [5.74, 6) is -0.165. The molecular formula is C19H22FN3O3. The van der Waals surface area contributed by atoms with Crippen LogP contribution in [0.5, 0.6) is 5.75 Å². The van der Waals surface area contributed by atoms with Gasteiger partial charge in [-0.15, -0.1) is 0 Å². The number of amides is 3. The molecular weight excluding hydrogens is 337 g/mol. The van der Waals surface area contributed by atoms with E-state index in [1.807, 2.05) is 0 Å². The summed E-state index contributed by atoms with van der Waals surface area (Å²) in [6.07, 6.45) is 0. The number of hydrogen-bond donors (Lipinski definition) is 2. The molecule has 0 aliphatic rings. The van der Waals surface area contributed by atoms with Crippen LogP contribution >= 0.6 is 0 Å². The lowest BCUT2D eigenvalue weighted by Gasteiger charge is -2.26. The van der Waals surface area contributed by atoms with Crippen molar-refractivity contribution in [3.05, 3.63) is 53.8 Å². The molecule has 0 bridgehead atoms. The van der Waals surface area contributed by atoms with E-state index in [0.29, 0.717) is 22.7 Å². The zero-order valence-electron chi connectivity index (χ0n) is 15.2. The van der Waals surface area contributed by atoms with Crippen LogP contribution in [-0.4, -0.2) is 31.0 Å². The summed E-state index contributed by atoms with van der Waals surface area (Å²) in [5, 5.41) is 5.38. The monoisotopic (exact) mass is 359 g/mol. The first-order chi connectivity index (χ1) is 12.3. The van der Waals surface area contributed by atoms with E-state index in [2.05, 4.69) is 10.6 Å². The molecule has 0 saturated heterocycles. The van der Waals surface area contributed by atoms with Gasteiger partial charge in [0.15, 0.2) is 0 Å². The van der Waals surface area contributed by atoms with Crippen LogP contribution in [0.3, 0.4) is 0 Å². The lowest BCUT2D eigenvalue weighted by molar-refractivity contribution is -0.114. The van der Waals surface area contributed by atoms with Crippen LogP contribution in [0, 0.1) is 5.82 Å². The predicted molar refractivity (Wildman–Crippen MR) is 98.9 cm³/mol. The van der Waals surface area contributed by atoms with Gasteiger partial charge in [0.1, 0.15) is 11.6 Å². The van der Waals surface area contributed by atoms with E-state index in [1.165, 1.54) is 25.0 Å². The molecule has 0 radical (unpaired) electrons. The summed E-state index contributed by atoms with van der Waals surface area (Å²) in [5.41, 5.74) is 1.43. The largest absolute Gasteiger partial charge is 0.494 e. The number of nitrogens with one attached hydrogen (secondary N) is 2. The molecule has 0 aliphatic heterocycles. The van der Waals surface area contributed by atoms with E-state index in [-0.39, 0.29) is 11.7 Å². The van der Waals surface area contributed by atoms with Gasteiger partial charge in [0, 0.05) is 31.3 Å². The first-order valence-electron chi connectivity index (χ1n) is 8.07. The van der Waals surface area contributed by atoms with E-state index in [4.69, 9.17) is 4.74 Å². The number of rotatable bonds is 5. The van der Waals surface area contributed by atoms with Gasteiger partial charge < -0.3 is 20.3 Å². The normalized spacial score (nSPS) is 11.4. The first kappa shape index (κ1) is 19.2. The van der Waals surface area contributed by atoms with Gasteiger partial charge in [0.05, 0.1) is 18.8 Å². The number of hydrogen-bond acceptors (Lipinski definition) is 3. The minimum atomic E-state index is -0.447. The Labute approximate surface area is 152 Å². The SMILES string of the molecule is COc1cc(NC(=O)N(C)C(C)c2ccccc2F)ccc1NC(C)=O. The molecule has 0 aliphatic carbocycles. The van der Waals surface area contributed by atoms with Gasteiger partial charge in [-0.2, -0.15) is 0 Å². The summed E-state index contributed by atoms with van der Waals surface area (Å²) in [6, 6.07) is 10.4. The molecule has 26 heavy (non-hydrogen) atoms. The number of carbonyl (C=O) groups is 2. The van der Waals surface area contributed by atoms with Gasteiger partial charge in [-0.3, -0.25) is 4.79 Å². The zero-order chi connectivity index (χ0) is 19.3. The Bertz CT molecular complexity index is 810. The minimum Gasteiger partial charge on any atom is -0.494 e. The Balaban J connectivity index is 2.13. The average Bonchev–Trinajstić information content (AvgIpc) is 2.61. The maximum atomic E-state index is 13.9. The zero-order valence-corrected chi connectivity index (χ0v) is 15.2. The summed E-state index contributed by atoms with van der Waals surface area (Å²) in [6.45, 7) is 3.15. The molecule has 2 rings (SSSR count). The van der Waals surface area contributed by atoms with Crippen molar-refractivity contribution in [2.24, 2.45) is 0 Å². The number of methoxy groups -OCH3 is 1. The second kappa shape index (κ2) is 8.33. The molecule has 0 heterocycles. The van der Waals surface area contributed by atoms with Crippen molar-refractivity contribution in [2.75, 3.05) is 24.8 Å². The third-order valence-corrected chi connectivity index (χ3v) is 4.02. The molecule has 1 unspecified atom stereocenters. The fourth-order valence-corrected chi connectivity index (χ4v) is 2.47. The van der Waals surface area contributed by atoms with Gasteiger partial charge in [-0.1, -0.05) is 18.2 Å². The molecule has 2 N–H and O–H groups in total. The van der Waals surface area contributed by atoms with Crippen LogP contribution in [0.2, 0.25) is 0 Å². The highest BCUT2D eigenvalue weighted by Crippen LogP contribution is 2.29. The first-order valence-corrected chi connectivity index (χ1v) is 8.07. The topological polar surface area (TPSA) is 70.7 Å². The Kier molecular flexibility index (Phi) is 6.16. The van der Waals surface area contributed by atoms with E-state index >= 15 is 0 Å². The molecule has 7 heteroatoms. The number of benzene rings is 2. The second-order valence-corrected chi connectivity index (χ2v) is 5.83. The maximum absolute atomic E-state index is 13.9. The lowest BCUT2D eigenvalue weighted by Crippen LogP contribution is -2.34. The number of anilines is 2. The van der Waals surface area contributed by atoms with Crippen molar-refractivity contribution in [1.82, 2.24) is 4.90 Å². The van der Waals surface area contributed by atoms with Gasteiger partial charge in [-0.05, 0) is 25.1 Å². The standard InChI is InChI=1S/C19H22FN3O3/c1-12(15-7-5-6-8-16(15)20)23(3)19(25)22-14-9-10-17(21-13(2)24)18(11-14)26-4/h5-12H,1-4H3,(H,21,24)(H,22,25). The van der Waals surface area contributed by atoms with Crippen molar-refractivity contribution >= 4 is 23.3 Å². The number of urea groups is 1. The number of nitrogens with zero attached hydrogens (tertiary/aromatic N) is 1. The van der Waals surface area contributed by atoms with Crippen LogP contribution in [0.15, 0.2) is 42.5 Å². The highest BCUT2D eigenvalue weighted by atomic mass is 19.1. The van der Waals surface area contributed by atoms with Crippen molar-refractivity contribution in [3.8, 4) is 5.75 Å². The third kappa shape index (κ3) is 4.50. The number of carbonyl (C=O) groups excluding carboxylic acids is 2. The Morgan fingerprint density at radius 1 is 1.15 bits per heavy atom. The smallest absolute Gasteiger partial charge is 0.322 e. The van der Waals surface area contributed by atoms with Crippen LogP contribution in [0.1, 0.15) is 25.5 Å². The van der Waals surface area contributed by atoms with Gasteiger partial charge in [0.25, 0.3) is 0 Å². The molecule has 0 fully saturated rings. The highest BCUT2D eigenvalue weighted by Gasteiger charge is 2.20. The quantitative estimate of drug-likeness (QED) is 0.847. The molecule has 0 spiro atoms. The molecule has 1 atom stereocenters. The molecule has 6 nitrogen and oxygen atoms in total. The summed E-state index contributed by atoms with van der Waals surface area (Å²) in [7, 11) is 3.06. The Hall–Kier alpha value is -3.09. The van der Waals surface area contributed by atoms with Crippen molar-refractivity contribution in [2.45, 2.75) is 19.9 Å². The molecule has 0 aromatic heterocycles. The predicted octanol–water partition coefficient (Wildman–Crippen LogP) is 4.02. The van der Waals surface area contributed by atoms with Crippen LogP contribution in [0.25, 0.3) is 0 Å². The lowest BCUT2D eigenvalue weighted by atomic mass is 10.1. The maximum Gasteiger partial charge on any atom is 0.322 e. The fourth-order valence-electron chi connectivity index (χ4n) is 2.47. The van der Waals surface area contributed by atoms with Gasteiger partial charge in [-0.25, -0.2) is 9.18 Å². The molecule has 0 saturated carbocycles. The van der Waals surface area contributed by atoms with Crippen LogP contribution in [-0.2, 0) is 4.79 Å². The highest BCUT2D eigenvalue weighted by molar-refractivity contribution is 5.93. The van der Waals surface area contributed by atoms with E-state index < -0.39 is 12.1 Å². The minimum absolute atomic E-state index is 0.224. The van der Waals surface area contributed by atoms with E-state index in [1.54, 1.807) is 50.4 Å². The van der Waals surface area contributed by atoms with E-state index in [0.717, 1.165) is 0 Å². The molecule has 2 aromatic carbocycles. The third-order valence-electron chi connectivity index (χ3n) is 4.02. The Morgan fingerprint density at radius 2 is 1.85 bits per heavy atom. The van der Waals surface area contributed by atoms with Crippen molar-refractivity contribution in [3.63, 3.8) is 0 Å².